The summed E-state index contributed by atoms with van der Waals surface area (Å²) in [4.78, 5) is 10.4. The van der Waals surface area contributed by atoms with E-state index in [1.807, 2.05) is 0 Å². The molecule has 0 aromatic heterocycles. The van der Waals surface area contributed by atoms with E-state index in [0.29, 0.717) is 5.02 Å². The molecule has 15 heavy (non-hydrogen) atoms. The summed E-state index contributed by atoms with van der Waals surface area (Å²) in [5.74, 6) is -3.92. The summed E-state index contributed by atoms with van der Waals surface area (Å²) in [6.45, 7) is 0.127. The summed E-state index contributed by atoms with van der Waals surface area (Å²) in [5.41, 5.74) is -0.229. The van der Waals surface area contributed by atoms with Gasteiger partial charge in [0.25, 0.3) is 0 Å². The molecule has 5 heteroatoms. The summed E-state index contributed by atoms with van der Waals surface area (Å²) < 4.78 is 30.9. The molecule has 1 aromatic rings. The summed E-state index contributed by atoms with van der Waals surface area (Å²) in [6, 6.07) is 5.12. The van der Waals surface area contributed by atoms with E-state index >= 15 is 0 Å². The van der Waals surface area contributed by atoms with Crippen LogP contribution in [0, 0.1) is 0 Å². The first-order valence-corrected chi connectivity index (χ1v) is 4.57. The topological polar surface area (TPSA) is 26.3 Å². The molecule has 0 N–H and O–H groups in total. The first kappa shape index (κ1) is 11.9. The Morgan fingerprint density at radius 2 is 1.93 bits per heavy atom. The number of hydrogen-bond acceptors (Lipinski definition) is 2. The van der Waals surface area contributed by atoms with E-state index in [1.165, 1.54) is 24.3 Å². The minimum Gasteiger partial charge on any atom is -0.459 e. The zero-order valence-electron chi connectivity index (χ0n) is 7.97. The Morgan fingerprint density at radius 1 is 1.40 bits per heavy atom. The summed E-state index contributed by atoms with van der Waals surface area (Å²) >= 11 is 5.56. The summed E-state index contributed by atoms with van der Waals surface area (Å²) in [7, 11) is 0. The second kappa shape index (κ2) is 4.57. The van der Waals surface area contributed by atoms with Crippen LogP contribution in [0.2, 0.25) is 5.02 Å². The highest BCUT2D eigenvalue weighted by molar-refractivity contribution is 6.30. The third-order valence-electron chi connectivity index (χ3n) is 1.72. The Labute approximate surface area is 90.8 Å². The molecule has 0 saturated carbocycles. The molecule has 1 aromatic carbocycles. The number of carbonyl (C=O) groups is 1. The Balaban J connectivity index is 2.76. The van der Waals surface area contributed by atoms with Crippen LogP contribution in [0.4, 0.5) is 8.78 Å². The minimum atomic E-state index is -3.18. The molecule has 0 atom stereocenters. The van der Waals surface area contributed by atoms with Crippen molar-refractivity contribution in [3.05, 3.63) is 34.9 Å². The average Bonchev–Trinajstić information content (AvgIpc) is 2.16. The minimum absolute atomic E-state index is 0.229. The molecular formula is C10H9ClF2O2. The third-order valence-corrected chi connectivity index (χ3v) is 1.98. The Kier molecular flexibility index (Phi) is 3.63. The van der Waals surface area contributed by atoms with Crippen LogP contribution >= 0.6 is 11.6 Å². The second-order valence-electron chi connectivity index (χ2n) is 2.99. The highest BCUT2D eigenvalue weighted by Crippen LogP contribution is 2.29. The van der Waals surface area contributed by atoms with Crippen LogP contribution in [0.5, 0.6) is 0 Å². The first-order chi connectivity index (χ1) is 6.92. The number of alkyl halides is 2. The number of carbonyl (C=O) groups excluding carboxylic acids is 1. The molecule has 0 aliphatic carbocycles. The van der Waals surface area contributed by atoms with Gasteiger partial charge in [0.15, 0.2) is 6.61 Å². The van der Waals surface area contributed by atoms with Gasteiger partial charge in [0, 0.05) is 17.5 Å². The Morgan fingerprint density at radius 3 is 2.40 bits per heavy atom. The number of halogens is 3. The van der Waals surface area contributed by atoms with Crippen molar-refractivity contribution in [3.63, 3.8) is 0 Å². The first-order valence-electron chi connectivity index (χ1n) is 4.19. The van der Waals surface area contributed by atoms with E-state index in [0.717, 1.165) is 6.92 Å². The van der Waals surface area contributed by atoms with Gasteiger partial charge in [-0.15, -0.1) is 0 Å². The van der Waals surface area contributed by atoms with Crippen molar-refractivity contribution in [1.29, 1.82) is 0 Å². The van der Waals surface area contributed by atoms with Gasteiger partial charge in [-0.1, -0.05) is 23.7 Å². The molecule has 0 spiro atoms. The van der Waals surface area contributed by atoms with E-state index in [4.69, 9.17) is 11.6 Å². The number of benzene rings is 1. The van der Waals surface area contributed by atoms with Crippen LogP contribution in [0.3, 0.4) is 0 Å². The molecule has 82 valence electrons. The highest BCUT2D eigenvalue weighted by atomic mass is 35.5. The predicted molar refractivity (Wildman–Crippen MR) is 52.0 cm³/mol. The lowest BCUT2D eigenvalue weighted by Gasteiger charge is -2.16. The monoisotopic (exact) mass is 234 g/mol. The lowest BCUT2D eigenvalue weighted by atomic mass is 10.1. The van der Waals surface area contributed by atoms with Gasteiger partial charge in [-0.3, -0.25) is 4.79 Å². The fourth-order valence-corrected chi connectivity index (χ4v) is 1.10. The smallest absolute Gasteiger partial charge is 0.306 e. The van der Waals surface area contributed by atoms with Crippen molar-refractivity contribution in [3.8, 4) is 0 Å². The highest BCUT2D eigenvalue weighted by Gasteiger charge is 2.32. The standard InChI is InChI=1S/C10H9ClF2O2/c1-7(14)15-6-10(12,13)8-2-4-9(11)5-3-8/h2-5H,6H2,1H3. The van der Waals surface area contributed by atoms with Crippen molar-refractivity contribution in [2.75, 3.05) is 6.61 Å². The van der Waals surface area contributed by atoms with Gasteiger partial charge in [0.2, 0.25) is 0 Å². The second-order valence-corrected chi connectivity index (χ2v) is 3.43. The quantitative estimate of drug-likeness (QED) is 0.752. The maximum atomic E-state index is 13.3. The fraction of sp³-hybridized carbons (Fsp3) is 0.300. The number of esters is 1. The summed E-state index contributed by atoms with van der Waals surface area (Å²) in [5, 5.41) is 0.377. The van der Waals surface area contributed by atoms with Crippen LogP contribution in [0.25, 0.3) is 0 Å². The molecule has 0 bridgehead atoms. The molecule has 0 saturated heterocycles. The van der Waals surface area contributed by atoms with Crippen LogP contribution in [0.1, 0.15) is 12.5 Å². The van der Waals surface area contributed by atoms with Crippen LogP contribution in [-0.4, -0.2) is 12.6 Å². The van der Waals surface area contributed by atoms with Gasteiger partial charge in [-0.25, -0.2) is 0 Å². The average molecular weight is 235 g/mol. The predicted octanol–water partition coefficient (Wildman–Crippen LogP) is 2.99. The van der Waals surface area contributed by atoms with Crippen LogP contribution in [-0.2, 0) is 15.5 Å². The lowest BCUT2D eigenvalue weighted by Crippen LogP contribution is -2.22. The van der Waals surface area contributed by atoms with Crippen molar-refractivity contribution in [2.24, 2.45) is 0 Å². The van der Waals surface area contributed by atoms with Crippen LogP contribution in [0.15, 0.2) is 24.3 Å². The van der Waals surface area contributed by atoms with Crippen LogP contribution < -0.4 is 0 Å². The molecule has 0 aliphatic heterocycles. The van der Waals surface area contributed by atoms with E-state index in [1.54, 1.807) is 0 Å². The van der Waals surface area contributed by atoms with E-state index < -0.39 is 18.5 Å². The number of rotatable bonds is 3. The molecule has 0 radical (unpaired) electrons. The van der Waals surface area contributed by atoms with E-state index in [2.05, 4.69) is 4.74 Å². The van der Waals surface area contributed by atoms with Crippen molar-refractivity contribution < 1.29 is 18.3 Å². The SMILES string of the molecule is CC(=O)OCC(F)(F)c1ccc(Cl)cc1. The van der Waals surface area contributed by atoms with E-state index in [9.17, 15) is 13.6 Å². The van der Waals surface area contributed by atoms with Gasteiger partial charge in [-0.2, -0.15) is 8.78 Å². The number of hydrogen-bond donors (Lipinski definition) is 0. The van der Waals surface area contributed by atoms with Gasteiger partial charge < -0.3 is 4.74 Å². The molecule has 0 aliphatic rings. The molecule has 0 amide bonds. The molecule has 0 unspecified atom stereocenters. The normalized spacial score (nSPS) is 11.2. The van der Waals surface area contributed by atoms with Crippen molar-refractivity contribution in [1.82, 2.24) is 0 Å². The molecule has 1 rings (SSSR count). The third kappa shape index (κ3) is 3.47. The van der Waals surface area contributed by atoms with E-state index in [-0.39, 0.29) is 5.56 Å². The van der Waals surface area contributed by atoms with Crippen molar-refractivity contribution >= 4 is 17.6 Å². The zero-order chi connectivity index (χ0) is 11.5. The Hall–Kier alpha value is -1.16. The van der Waals surface area contributed by atoms with Gasteiger partial charge in [-0.05, 0) is 12.1 Å². The molecule has 0 heterocycles. The van der Waals surface area contributed by atoms with Gasteiger partial charge in [0.1, 0.15) is 0 Å². The molecule has 0 fully saturated rings. The Bertz CT molecular complexity index is 349. The maximum absolute atomic E-state index is 13.3. The lowest BCUT2D eigenvalue weighted by molar-refractivity contribution is -0.153. The summed E-state index contributed by atoms with van der Waals surface area (Å²) in [6.07, 6.45) is 0. The largest absolute Gasteiger partial charge is 0.459 e. The fourth-order valence-electron chi connectivity index (χ4n) is 0.969. The van der Waals surface area contributed by atoms with Crippen molar-refractivity contribution in [2.45, 2.75) is 12.8 Å². The van der Waals surface area contributed by atoms with Gasteiger partial charge >= 0.3 is 11.9 Å². The zero-order valence-corrected chi connectivity index (χ0v) is 8.72. The molecular weight excluding hydrogens is 226 g/mol. The maximum Gasteiger partial charge on any atom is 0.306 e. The molecule has 2 nitrogen and oxygen atoms in total. The number of ether oxygens (including phenoxy) is 1. The van der Waals surface area contributed by atoms with Gasteiger partial charge in [0.05, 0.1) is 0 Å².